The summed E-state index contributed by atoms with van der Waals surface area (Å²) in [5, 5.41) is 11.7. The summed E-state index contributed by atoms with van der Waals surface area (Å²) in [7, 11) is 0. The number of ether oxygens (including phenoxy) is 1. The third-order valence-electron chi connectivity index (χ3n) is 3.34. The fourth-order valence-electron chi connectivity index (χ4n) is 2.20. The first-order valence-corrected chi connectivity index (χ1v) is 7.06. The Morgan fingerprint density at radius 3 is 2.83 bits per heavy atom. The largest absolute Gasteiger partial charge is 0.474 e. The molecular weight excluding hydrogens is 303 g/mol. The van der Waals surface area contributed by atoms with Crippen LogP contribution in [0.3, 0.4) is 0 Å². The van der Waals surface area contributed by atoms with Crippen molar-refractivity contribution in [2.45, 2.75) is 6.04 Å². The number of carbonyl (C=O) groups excluding carboxylic acids is 1. The van der Waals surface area contributed by atoms with Gasteiger partial charge in [-0.3, -0.25) is 9.78 Å². The summed E-state index contributed by atoms with van der Waals surface area (Å²) in [5.41, 5.74) is 0.653. The number of aromatic nitrogens is 2. The number of hydrogen-bond donors (Lipinski definition) is 2. The lowest BCUT2D eigenvalue weighted by Gasteiger charge is -2.38. The van der Waals surface area contributed by atoms with E-state index in [1.54, 1.807) is 17.0 Å². The number of halogens is 1. The quantitative estimate of drug-likeness (QED) is 0.767. The Labute approximate surface area is 131 Å². The van der Waals surface area contributed by atoms with Crippen LogP contribution in [0.5, 0.6) is 5.88 Å². The lowest BCUT2D eigenvalue weighted by atomic mass is 10.1. The minimum absolute atomic E-state index is 0.118. The number of hydrogen-bond acceptors (Lipinski definition) is 6. The molecule has 1 saturated heterocycles. The Hall–Kier alpha value is -2.74. The van der Waals surface area contributed by atoms with Gasteiger partial charge in [-0.1, -0.05) is 0 Å². The van der Waals surface area contributed by atoms with Gasteiger partial charge in [0.2, 0.25) is 5.88 Å². The summed E-state index contributed by atoms with van der Waals surface area (Å²) in [6.07, 6.45) is 2.91. The highest BCUT2D eigenvalue weighted by atomic mass is 19.1. The maximum Gasteiger partial charge on any atom is 0.251 e. The summed E-state index contributed by atoms with van der Waals surface area (Å²) in [5.74, 6) is 0.218. The van der Waals surface area contributed by atoms with Crippen LogP contribution in [0.1, 0.15) is 0 Å². The predicted octanol–water partition coefficient (Wildman–Crippen LogP) is 0.814. The molecule has 120 valence electrons. The molecule has 3 rings (SSSR count). The SMILES string of the molecule is O=C1C(Nc2cncc(OCCO)n2)CN1c1ccc(F)cc1. The van der Waals surface area contributed by atoms with E-state index in [9.17, 15) is 9.18 Å². The van der Waals surface area contributed by atoms with Crippen LogP contribution >= 0.6 is 0 Å². The molecule has 0 spiro atoms. The van der Waals surface area contributed by atoms with E-state index >= 15 is 0 Å². The molecule has 1 aliphatic heterocycles. The molecule has 2 heterocycles. The second-order valence-electron chi connectivity index (χ2n) is 4.94. The first kappa shape index (κ1) is 15.2. The number of aliphatic hydroxyl groups is 1. The number of rotatable bonds is 6. The lowest BCUT2D eigenvalue weighted by molar-refractivity contribution is -0.123. The second kappa shape index (κ2) is 6.57. The van der Waals surface area contributed by atoms with Gasteiger partial charge in [-0.15, -0.1) is 0 Å². The van der Waals surface area contributed by atoms with E-state index in [-0.39, 0.29) is 30.8 Å². The van der Waals surface area contributed by atoms with E-state index in [0.29, 0.717) is 18.1 Å². The van der Waals surface area contributed by atoms with Crippen molar-refractivity contribution in [1.29, 1.82) is 0 Å². The van der Waals surface area contributed by atoms with Crippen LogP contribution in [0, 0.1) is 5.82 Å². The fraction of sp³-hybridized carbons (Fsp3) is 0.267. The molecule has 8 heteroatoms. The summed E-state index contributed by atoms with van der Waals surface area (Å²) < 4.78 is 18.1. The maximum absolute atomic E-state index is 12.9. The van der Waals surface area contributed by atoms with Gasteiger partial charge in [0, 0.05) is 5.69 Å². The Kier molecular flexibility index (Phi) is 4.33. The molecule has 0 aliphatic carbocycles. The van der Waals surface area contributed by atoms with E-state index in [1.165, 1.54) is 24.5 Å². The normalized spacial score (nSPS) is 16.9. The number of nitrogens with zero attached hydrogens (tertiary/aromatic N) is 3. The number of aliphatic hydroxyl groups excluding tert-OH is 1. The zero-order valence-corrected chi connectivity index (χ0v) is 12.1. The van der Waals surface area contributed by atoms with Crippen LogP contribution in [0.2, 0.25) is 0 Å². The highest BCUT2D eigenvalue weighted by molar-refractivity contribution is 6.05. The zero-order chi connectivity index (χ0) is 16.2. The van der Waals surface area contributed by atoms with Crippen LogP contribution < -0.4 is 15.0 Å². The Bertz CT molecular complexity index is 695. The lowest BCUT2D eigenvalue weighted by Crippen LogP contribution is -2.60. The molecule has 1 unspecified atom stereocenters. The summed E-state index contributed by atoms with van der Waals surface area (Å²) in [6, 6.07) is 5.34. The highest BCUT2D eigenvalue weighted by Crippen LogP contribution is 2.24. The van der Waals surface area contributed by atoms with Crippen molar-refractivity contribution in [2.24, 2.45) is 0 Å². The van der Waals surface area contributed by atoms with Crippen LogP contribution in [0.25, 0.3) is 0 Å². The Balaban J connectivity index is 1.60. The first-order valence-electron chi connectivity index (χ1n) is 7.06. The molecule has 2 N–H and O–H groups in total. The van der Waals surface area contributed by atoms with Gasteiger partial charge in [-0.05, 0) is 24.3 Å². The van der Waals surface area contributed by atoms with Crippen LogP contribution in [-0.2, 0) is 4.79 Å². The van der Waals surface area contributed by atoms with Gasteiger partial charge in [-0.25, -0.2) is 4.39 Å². The van der Waals surface area contributed by atoms with E-state index in [0.717, 1.165) is 0 Å². The van der Waals surface area contributed by atoms with Crippen molar-refractivity contribution in [2.75, 3.05) is 30.0 Å². The molecule has 0 bridgehead atoms. The van der Waals surface area contributed by atoms with Crippen molar-refractivity contribution in [1.82, 2.24) is 9.97 Å². The van der Waals surface area contributed by atoms with E-state index < -0.39 is 6.04 Å². The zero-order valence-electron chi connectivity index (χ0n) is 12.1. The maximum atomic E-state index is 12.9. The second-order valence-corrected chi connectivity index (χ2v) is 4.94. The molecule has 0 radical (unpaired) electrons. The van der Waals surface area contributed by atoms with Gasteiger partial charge in [0.05, 0.1) is 25.5 Å². The fourth-order valence-corrected chi connectivity index (χ4v) is 2.20. The molecule has 1 aromatic heterocycles. The number of carbonyl (C=O) groups is 1. The molecule has 0 saturated carbocycles. The van der Waals surface area contributed by atoms with E-state index in [2.05, 4.69) is 15.3 Å². The highest BCUT2D eigenvalue weighted by Gasteiger charge is 2.37. The Morgan fingerprint density at radius 1 is 1.35 bits per heavy atom. The van der Waals surface area contributed by atoms with E-state index in [4.69, 9.17) is 9.84 Å². The topological polar surface area (TPSA) is 87.6 Å². The minimum atomic E-state index is -0.414. The van der Waals surface area contributed by atoms with Crippen molar-refractivity contribution >= 4 is 17.4 Å². The molecule has 1 amide bonds. The summed E-state index contributed by atoms with van der Waals surface area (Å²) in [6.45, 7) is 0.458. The molecule has 1 atom stereocenters. The molecule has 1 aliphatic rings. The number of nitrogens with one attached hydrogen (secondary N) is 1. The van der Waals surface area contributed by atoms with Crippen LogP contribution in [0.4, 0.5) is 15.9 Å². The van der Waals surface area contributed by atoms with Gasteiger partial charge in [0.1, 0.15) is 24.3 Å². The third-order valence-corrected chi connectivity index (χ3v) is 3.34. The standard InChI is InChI=1S/C15H15FN4O3/c16-10-1-3-11(4-2-10)20-9-12(15(20)22)18-13-7-17-8-14(19-13)23-6-5-21/h1-4,7-8,12,21H,5-6,9H2,(H,18,19). The first-order chi connectivity index (χ1) is 11.2. The molecule has 1 aromatic carbocycles. The van der Waals surface area contributed by atoms with Gasteiger partial charge in [0.25, 0.3) is 5.91 Å². The monoisotopic (exact) mass is 318 g/mol. The number of amides is 1. The smallest absolute Gasteiger partial charge is 0.251 e. The molecular formula is C15H15FN4O3. The third kappa shape index (κ3) is 3.37. The average molecular weight is 318 g/mol. The summed E-state index contributed by atoms with van der Waals surface area (Å²) in [4.78, 5) is 21.8. The van der Waals surface area contributed by atoms with E-state index in [1.807, 2.05) is 0 Å². The molecule has 7 nitrogen and oxygen atoms in total. The molecule has 23 heavy (non-hydrogen) atoms. The molecule has 2 aromatic rings. The van der Waals surface area contributed by atoms with Gasteiger partial charge < -0.3 is 20.1 Å². The minimum Gasteiger partial charge on any atom is -0.474 e. The van der Waals surface area contributed by atoms with Gasteiger partial charge in [-0.2, -0.15) is 4.98 Å². The van der Waals surface area contributed by atoms with Crippen LogP contribution in [0.15, 0.2) is 36.7 Å². The van der Waals surface area contributed by atoms with Crippen LogP contribution in [-0.4, -0.2) is 46.8 Å². The predicted molar refractivity (Wildman–Crippen MR) is 80.8 cm³/mol. The Morgan fingerprint density at radius 2 is 2.13 bits per heavy atom. The van der Waals surface area contributed by atoms with Crippen molar-refractivity contribution in [3.63, 3.8) is 0 Å². The number of anilines is 2. The van der Waals surface area contributed by atoms with Crippen molar-refractivity contribution in [3.05, 3.63) is 42.5 Å². The molecule has 1 fully saturated rings. The van der Waals surface area contributed by atoms with Crippen molar-refractivity contribution < 1.29 is 19.0 Å². The summed E-state index contributed by atoms with van der Waals surface area (Å²) >= 11 is 0. The average Bonchev–Trinajstić information content (AvgIpc) is 2.57. The number of β-lactam (4-membered cyclic amide) rings is 1. The number of benzene rings is 1. The van der Waals surface area contributed by atoms with Gasteiger partial charge in [0.15, 0.2) is 0 Å². The van der Waals surface area contributed by atoms with Crippen molar-refractivity contribution in [3.8, 4) is 5.88 Å². The van der Waals surface area contributed by atoms with Gasteiger partial charge >= 0.3 is 0 Å².